The Bertz CT molecular complexity index is 534. The molecule has 2 N–H and O–H groups in total. The van der Waals surface area contributed by atoms with Gasteiger partial charge in [0.15, 0.2) is 0 Å². The molecule has 0 atom stereocenters. The molecule has 0 heterocycles. The Morgan fingerprint density at radius 3 is 2.50 bits per heavy atom. The summed E-state index contributed by atoms with van der Waals surface area (Å²) < 4.78 is 0. The highest BCUT2D eigenvalue weighted by atomic mass is 32.2. The van der Waals surface area contributed by atoms with Crippen molar-refractivity contribution in [2.45, 2.75) is 25.2 Å². The maximum Gasteiger partial charge on any atom is 0.0346 e. The van der Waals surface area contributed by atoms with Gasteiger partial charge in [-0.3, -0.25) is 0 Å². The molecule has 2 aromatic rings. The normalized spacial score (nSPS) is 10.6. The van der Waals surface area contributed by atoms with E-state index in [4.69, 9.17) is 5.73 Å². The highest BCUT2D eigenvalue weighted by Gasteiger charge is 2.00. The zero-order valence-corrected chi connectivity index (χ0v) is 11.8. The molecule has 2 rings (SSSR count). The number of hydrogen-bond acceptors (Lipinski definition) is 2. The molecule has 0 amide bonds. The van der Waals surface area contributed by atoms with Gasteiger partial charge in [0.1, 0.15) is 0 Å². The van der Waals surface area contributed by atoms with Crippen molar-refractivity contribution in [1.82, 2.24) is 0 Å². The quantitative estimate of drug-likeness (QED) is 0.655. The third-order valence-electron chi connectivity index (χ3n) is 3.17. The van der Waals surface area contributed by atoms with Crippen molar-refractivity contribution in [3.8, 4) is 0 Å². The lowest BCUT2D eigenvalue weighted by molar-refractivity contribution is 1.16. The summed E-state index contributed by atoms with van der Waals surface area (Å²) in [6.07, 6.45) is 1.02. The van der Waals surface area contributed by atoms with Crippen LogP contribution in [0.5, 0.6) is 0 Å². The summed E-state index contributed by atoms with van der Waals surface area (Å²) in [5, 5.41) is 0. The zero-order valence-electron chi connectivity index (χ0n) is 10.9. The van der Waals surface area contributed by atoms with Crippen LogP contribution < -0.4 is 5.73 Å². The van der Waals surface area contributed by atoms with E-state index in [0.717, 1.165) is 17.9 Å². The van der Waals surface area contributed by atoms with Crippen LogP contribution in [0, 0.1) is 13.8 Å². The summed E-state index contributed by atoms with van der Waals surface area (Å²) in [6, 6.07) is 14.7. The number of nitrogen functional groups attached to an aromatic ring is 1. The second kappa shape index (κ2) is 5.96. The van der Waals surface area contributed by atoms with Crippen molar-refractivity contribution in [1.29, 1.82) is 0 Å². The van der Waals surface area contributed by atoms with E-state index in [1.54, 1.807) is 0 Å². The molecular formula is C16H19NS. The van der Waals surface area contributed by atoms with Crippen LogP contribution >= 0.6 is 11.8 Å². The standard InChI is InChI=1S/C16H19NS/c1-12-7-8-15(11-13(12)2)18-10-9-14-5-3-4-6-16(14)17/h3-8,11H,9-10,17H2,1-2H3. The van der Waals surface area contributed by atoms with Crippen molar-refractivity contribution in [2.75, 3.05) is 11.5 Å². The molecule has 0 saturated carbocycles. The van der Waals surface area contributed by atoms with Gasteiger partial charge in [-0.1, -0.05) is 24.3 Å². The first-order valence-corrected chi connectivity index (χ1v) is 7.19. The van der Waals surface area contributed by atoms with Crippen LogP contribution in [0.25, 0.3) is 0 Å². The SMILES string of the molecule is Cc1ccc(SCCc2ccccc2N)cc1C. The molecule has 0 bridgehead atoms. The van der Waals surface area contributed by atoms with Gasteiger partial charge in [0.2, 0.25) is 0 Å². The third-order valence-corrected chi connectivity index (χ3v) is 4.17. The summed E-state index contributed by atoms with van der Waals surface area (Å²) in [7, 11) is 0. The number of thioether (sulfide) groups is 1. The molecule has 0 aliphatic carbocycles. The van der Waals surface area contributed by atoms with Gasteiger partial charge in [0.25, 0.3) is 0 Å². The van der Waals surface area contributed by atoms with Gasteiger partial charge < -0.3 is 5.73 Å². The molecular weight excluding hydrogens is 238 g/mol. The van der Waals surface area contributed by atoms with Gasteiger partial charge in [-0.2, -0.15) is 0 Å². The fourth-order valence-electron chi connectivity index (χ4n) is 1.84. The first-order valence-electron chi connectivity index (χ1n) is 6.20. The average molecular weight is 257 g/mol. The summed E-state index contributed by atoms with van der Waals surface area (Å²) >= 11 is 1.89. The van der Waals surface area contributed by atoms with Crippen LogP contribution in [-0.4, -0.2) is 5.75 Å². The predicted octanol–water partition coefficient (Wildman–Crippen LogP) is 4.22. The minimum atomic E-state index is 0.901. The van der Waals surface area contributed by atoms with Gasteiger partial charge in [-0.05, 0) is 55.2 Å². The van der Waals surface area contributed by atoms with Gasteiger partial charge in [-0.15, -0.1) is 11.8 Å². The van der Waals surface area contributed by atoms with Gasteiger partial charge in [0, 0.05) is 16.3 Å². The molecule has 0 aliphatic rings. The molecule has 0 aromatic heterocycles. The zero-order chi connectivity index (χ0) is 13.0. The van der Waals surface area contributed by atoms with Gasteiger partial charge in [0.05, 0.1) is 0 Å². The molecule has 0 unspecified atom stereocenters. The number of benzene rings is 2. The topological polar surface area (TPSA) is 26.0 Å². The average Bonchev–Trinajstić information content (AvgIpc) is 2.36. The van der Waals surface area contributed by atoms with Crippen molar-refractivity contribution < 1.29 is 0 Å². The Morgan fingerprint density at radius 2 is 1.78 bits per heavy atom. The smallest absolute Gasteiger partial charge is 0.0346 e. The number of hydrogen-bond donors (Lipinski definition) is 1. The van der Waals surface area contributed by atoms with Crippen LogP contribution in [0.2, 0.25) is 0 Å². The van der Waals surface area contributed by atoms with Crippen LogP contribution in [0.15, 0.2) is 47.4 Å². The van der Waals surface area contributed by atoms with E-state index in [2.05, 4.69) is 38.1 Å². The van der Waals surface area contributed by atoms with Crippen LogP contribution in [0.1, 0.15) is 16.7 Å². The van der Waals surface area contributed by atoms with E-state index < -0.39 is 0 Å². The number of para-hydroxylation sites is 1. The molecule has 0 saturated heterocycles. The van der Waals surface area contributed by atoms with E-state index in [-0.39, 0.29) is 0 Å². The summed E-state index contributed by atoms with van der Waals surface area (Å²) in [5.41, 5.74) is 10.8. The lowest BCUT2D eigenvalue weighted by atomic mass is 10.1. The van der Waals surface area contributed by atoms with E-state index in [0.29, 0.717) is 0 Å². The van der Waals surface area contributed by atoms with Crippen molar-refractivity contribution in [3.05, 3.63) is 59.2 Å². The molecule has 2 heteroatoms. The summed E-state index contributed by atoms with van der Waals surface area (Å²) in [4.78, 5) is 1.34. The lowest BCUT2D eigenvalue weighted by Gasteiger charge is -2.07. The Kier molecular flexibility index (Phi) is 4.32. The molecule has 1 nitrogen and oxygen atoms in total. The molecule has 2 aromatic carbocycles. The lowest BCUT2D eigenvalue weighted by Crippen LogP contribution is -1.95. The maximum absolute atomic E-state index is 5.93. The summed E-state index contributed by atoms with van der Waals surface area (Å²) in [5.74, 6) is 1.07. The third kappa shape index (κ3) is 3.30. The Labute approximate surface area is 113 Å². The van der Waals surface area contributed by atoms with E-state index in [9.17, 15) is 0 Å². The molecule has 18 heavy (non-hydrogen) atoms. The highest BCUT2D eigenvalue weighted by Crippen LogP contribution is 2.23. The highest BCUT2D eigenvalue weighted by molar-refractivity contribution is 7.99. The van der Waals surface area contributed by atoms with Gasteiger partial charge in [-0.25, -0.2) is 0 Å². The number of anilines is 1. The fraction of sp³-hybridized carbons (Fsp3) is 0.250. The van der Waals surface area contributed by atoms with E-state index >= 15 is 0 Å². The molecule has 0 aliphatic heterocycles. The second-order valence-corrected chi connectivity index (χ2v) is 5.71. The molecule has 0 fully saturated rings. The van der Waals surface area contributed by atoms with Crippen LogP contribution in [0.4, 0.5) is 5.69 Å². The molecule has 0 spiro atoms. The predicted molar refractivity (Wildman–Crippen MR) is 81.2 cm³/mol. The Hall–Kier alpha value is -1.41. The second-order valence-electron chi connectivity index (χ2n) is 4.54. The minimum Gasteiger partial charge on any atom is -0.399 e. The minimum absolute atomic E-state index is 0.901. The Morgan fingerprint density at radius 1 is 1.00 bits per heavy atom. The van der Waals surface area contributed by atoms with Crippen molar-refractivity contribution in [2.24, 2.45) is 0 Å². The number of nitrogens with two attached hydrogens (primary N) is 1. The first-order chi connectivity index (χ1) is 8.66. The number of aryl methyl sites for hydroxylation is 3. The first kappa shape index (κ1) is 13.0. The Balaban J connectivity index is 1.92. The summed E-state index contributed by atoms with van der Waals surface area (Å²) in [6.45, 7) is 4.31. The largest absolute Gasteiger partial charge is 0.399 e. The van der Waals surface area contributed by atoms with Gasteiger partial charge >= 0.3 is 0 Å². The molecule has 0 radical (unpaired) electrons. The van der Waals surface area contributed by atoms with Crippen molar-refractivity contribution in [3.63, 3.8) is 0 Å². The fourth-order valence-corrected chi connectivity index (χ4v) is 2.83. The number of rotatable bonds is 4. The van der Waals surface area contributed by atoms with Crippen LogP contribution in [0.3, 0.4) is 0 Å². The van der Waals surface area contributed by atoms with Crippen LogP contribution in [-0.2, 0) is 6.42 Å². The maximum atomic E-state index is 5.93. The van der Waals surface area contributed by atoms with Crippen molar-refractivity contribution >= 4 is 17.4 Å². The van der Waals surface area contributed by atoms with E-state index in [1.807, 2.05) is 30.0 Å². The van der Waals surface area contributed by atoms with E-state index in [1.165, 1.54) is 21.6 Å². The monoisotopic (exact) mass is 257 g/mol. The molecule has 94 valence electrons.